The molecule has 3 heterocycles. The van der Waals surface area contributed by atoms with E-state index in [0.717, 1.165) is 25.7 Å². The topological polar surface area (TPSA) is 118 Å². The fraction of sp³-hybridized carbons (Fsp3) is 0.724. The maximum absolute atomic E-state index is 13.6. The van der Waals surface area contributed by atoms with E-state index in [0.29, 0.717) is 57.6 Å². The van der Waals surface area contributed by atoms with Gasteiger partial charge in [0.15, 0.2) is 11.6 Å². The molecule has 1 amide bonds. The van der Waals surface area contributed by atoms with Crippen LogP contribution in [0.2, 0.25) is 0 Å². The van der Waals surface area contributed by atoms with Gasteiger partial charge < -0.3 is 19.2 Å². The van der Waals surface area contributed by atoms with Crippen molar-refractivity contribution in [3.8, 4) is 0 Å². The van der Waals surface area contributed by atoms with Gasteiger partial charge >= 0.3 is 0 Å². The lowest BCUT2D eigenvalue weighted by Gasteiger charge is -2.26. The molecule has 0 aromatic carbocycles. The van der Waals surface area contributed by atoms with Gasteiger partial charge in [-0.2, -0.15) is 0 Å². The first-order valence-corrected chi connectivity index (χ1v) is 14.1. The molecular formula is C29H42N2O7. The number of nitrogens with zero attached hydrogens (tertiary/aromatic N) is 1. The number of ether oxygens (including phenoxy) is 2. The molecule has 1 aromatic rings. The van der Waals surface area contributed by atoms with Gasteiger partial charge in [-0.25, -0.2) is 0 Å². The Kier molecular flexibility index (Phi) is 9.90. The molecule has 3 fully saturated rings. The molecule has 1 aromatic heterocycles. The zero-order valence-corrected chi connectivity index (χ0v) is 22.7. The number of hydrogen-bond donors (Lipinski definition) is 1. The van der Waals surface area contributed by atoms with E-state index >= 15 is 0 Å². The Labute approximate surface area is 225 Å². The minimum Gasteiger partial charge on any atom is -0.469 e. The van der Waals surface area contributed by atoms with Gasteiger partial charge in [0.05, 0.1) is 38.7 Å². The summed E-state index contributed by atoms with van der Waals surface area (Å²) in [5, 5.41) is 2.88. The van der Waals surface area contributed by atoms with Crippen molar-refractivity contribution >= 4 is 23.3 Å². The molecule has 0 spiro atoms. The Morgan fingerprint density at radius 3 is 2.47 bits per heavy atom. The molecule has 2 saturated heterocycles. The summed E-state index contributed by atoms with van der Waals surface area (Å²) in [7, 11) is 0. The lowest BCUT2D eigenvalue weighted by atomic mass is 9.81. The van der Waals surface area contributed by atoms with Crippen molar-refractivity contribution in [2.75, 3.05) is 39.5 Å². The van der Waals surface area contributed by atoms with Crippen LogP contribution in [0.3, 0.4) is 0 Å². The predicted molar refractivity (Wildman–Crippen MR) is 139 cm³/mol. The normalized spacial score (nSPS) is 24.5. The van der Waals surface area contributed by atoms with E-state index in [9.17, 15) is 19.2 Å². The van der Waals surface area contributed by atoms with Gasteiger partial charge in [-0.15, -0.1) is 0 Å². The largest absolute Gasteiger partial charge is 0.469 e. The quantitative estimate of drug-likeness (QED) is 0.344. The van der Waals surface area contributed by atoms with Crippen molar-refractivity contribution < 1.29 is 33.1 Å². The molecule has 0 radical (unpaired) electrons. The number of hydrogen-bond acceptors (Lipinski definition) is 8. The van der Waals surface area contributed by atoms with Crippen LogP contribution < -0.4 is 5.32 Å². The van der Waals surface area contributed by atoms with Crippen molar-refractivity contribution in [2.24, 2.45) is 17.8 Å². The molecule has 3 aliphatic rings. The molecule has 0 bridgehead atoms. The highest BCUT2D eigenvalue weighted by Gasteiger charge is 2.50. The van der Waals surface area contributed by atoms with E-state index in [1.807, 2.05) is 4.90 Å². The van der Waals surface area contributed by atoms with Gasteiger partial charge in [0.1, 0.15) is 17.1 Å². The number of rotatable bonds is 15. The zero-order valence-electron chi connectivity index (χ0n) is 22.7. The molecule has 1 saturated carbocycles. The third-order valence-electron chi connectivity index (χ3n) is 8.19. The predicted octanol–water partition coefficient (Wildman–Crippen LogP) is 2.75. The van der Waals surface area contributed by atoms with Gasteiger partial charge in [-0.3, -0.25) is 24.1 Å². The summed E-state index contributed by atoms with van der Waals surface area (Å²) < 4.78 is 16.2. The fourth-order valence-corrected chi connectivity index (χ4v) is 5.70. The van der Waals surface area contributed by atoms with Gasteiger partial charge in [0.25, 0.3) is 0 Å². The second kappa shape index (κ2) is 13.1. The van der Waals surface area contributed by atoms with E-state index < -0.39 is 23.5 Å². The number of furan rings is 1. The number of Topliss-reactive ketones (excluding diaryl/α,β-unsaturated/α-hetero) is 3. The summed E-state index contributed by atoms with van der Waals surface area (Å²) in [5.74, 6) is -0.549. The number of morpholine rings is 1. The third kappa shape index (κ3) is 8.07. The number of ketones is 3. The van der Waals surface area contributed by atoms with Gasteiger partial charge in [0.2, 0.25) is 5.91 Å². The second-order valence-corrected chi connectivity index (χ2v) is 11.5. The Morgan fingerprint density at radius 2 is 1.84 bits per heavy atom. The molecule has 1 aliphatic carbocycles. The van der Waals surface area contributed by atoms with Crippen molar-refractivity contribution in [1.29, 1.82) is 0 Å². The molecular weight excluding hydrogens is 488 g/mol. The zero-order chi connectivity index (χ0) is 27.1. The highest BCUT2D eigenvalue weighted by Crippen LogP contribution is 2.37. The highest BCUT2D eigenvalue weighted by molar-refractivity contribution is 5.97. The molecule has 4 rings (SSSR count). The second-order valence-electron chi connectivity index (χ2n) is 11.5. The fourth-order valence-electron chi connectivity index (χ4n) is 5.70. The van der Waals surface area contributed by atoms with Crippen molar-refractivity contribution in [3.05, 3.63) is 24.2 Å². The van der Waals surface area contributed by atoms with E-state index in [1.54, 1.807) is 26.0 Å². The molecule has 1 N–H and O–H groups in total. The Morgan fingerprint density at radius 1 is 1.13 bits per heavy atom. The van der Waals surface area contributed by atoms with Crippen LogP contribution in [-0.2, 0) is 35.1 Å². The molecule has 38 heavy (non-hydrogen) atoms. The third-order valence-corrected chi connectivity index (χ3v) is 8.19. The van der Waals surface area contributed by atoms with Crippen LogP contribution in [0.4, 0.5) is 0 Å². The first kappa shape index (κ1) is 28.6. The van der Waals surface area contributed by atoms with Crippen LogP contribution >= 0.6 is 0 Å². The maximum atomic E-state index is 13.6. The van der Waals surface area contributed by atoms with E-state index in [4.69, 9.17) is 13.9 Å². The number of amides is 1. The molecule has 9 nitrogen and oxygen atoms in total. The van der Waals surface area contributed by atoms with E-state index in [1.165, 1.54) is 6.26 Å². The Bertz CT molecular complexity index is 960. The Balaban J connectivity index is 1.38. The summed E-state index contributed by atoms with van der Waals surface area (Å²) in [6.45, 7) is 6.81. The minimum absolute atomic E-state index is 0.0108. The van der Waals surface area contributed by atoms with E-state index in [2.05, 4.69) is 5.32 Å². The smallest absolute Gasteiger partial charge is 0.223 e. The van der Waals surface area contributed by atoms with E-state index in [-0.39, 0.29) is 42.5 Å². The van der Waals surface area contributed by atoms with Crippen LogP contribution in [0.5, 0.6) is 0 Å². The minimum atomic E-state index is -0.836. The SMILES string of the molecule is C[C@H](CC(=O)CN1CCOCC1)C(=O)N[C@@H](Cc1ccco1)C(=O)C[C@@H](CC1CCCC1)C(=O)[C@@]1(C)CO1. The highest BCUT2D eigenvalue weighted by atomic mass is 16.6. The van der Waals surface area contributed by atoms with Crippen LogP contribution in [0.15, 0.2) is 22.8 Å². The summed E-state index contributed by atoms with van der Waals surface area (Å²) in [6.07, 6.45) is 7.05. The monoisotopic (exact) mass is 530 g/mol. The number of nitrogens with one attached hydrogen (secondary N) is 1. The number of epoxide rings is 1. The van der Waals surface area contributed by atoms with Crippen molar-refractivity contribution in [1.82, 2.24) is 10.2 Å². The molecule has 0 unspecified atom stereocenters. The van der Waals surface area contributed by atoms with Crippen molar-refractivity contribution in [3.63, 3.8) is 0 Å². The number of carbonyl (C=O) groups excluding carboxylic acids is 4. The molecule has 2 aliphatic heterocycles. The maximum Gasteiger partial charge on any atom is 0.223 e. The average Bonchev–Trinajstić information content (AvgIpc) is 3.26. The first-order valence-electron chi connectivity index (χ1n) is 14.1. The molecule has 9 heteroatoms. The average molecular weight is 531 g/mol. The van der Waals surface area contributed by atoms with Gasteiger partial charge in [-0.05, 0) is 31.4 Å². The molecule has 210 valence electrons. The molecule has 4 atom stereocenters. The summed E-state index contributed by atoms with van der Waals surface area (Å²) in [5.41, 5.74) is -0.793. The number of carbonyl (C=O) groups is 4. The van der Waals surface area contributed by atoms with Crippen LogP contribution in [-0.4, -0.2) is 79.3 Å². The van der Waals surface area contributed by atoms with Crippen molar-refractivity contribution in [2.45, 2.75) is 76.9 Å². The summed E-state index contributed by atoms with van der Waals surface area (Å²) >= 11 is 0. The first-order chi connectivity index (χ1) is 18.2. The van der Waals surface area contributed by atoms with Crippen LogP contribution in [0.1, 0.15) is 64.6 Å². The van der Waals surface area contributed by atoms with Gasteiger partial charge in [-0.1, -0.05) is 32.6 Å². The van der Waals surface area contributed by atoms with Crippen LogP contribution in [0, 0.1) is 17.8 Å². The standard InChI is InChI=1S/C29H42N2O7/c1-20(14-23(32)18-31-9-12-36-13-10-31)28(35)30-25(17-24-8-5-11-37-24)26(33)16-22(15-21-6-3-4-7-21)27(34)29(2)19-38-29/h5,8,11,20-22,25H,3-4,6-7,9-10,12-19H2,1-2H3,(H,30,35)/t20-,22-,25+,29-/m1/s1. The summed E-state index contributed by atoms with van der Waals surface area (Å²) in [6, 6.07) is 2.67. The lowest BCUT2D eigenvalue weighted by Crippen LogP contribution is -2.46. The van der Waals surface area contributed by atoms with Crippen LogP contribution in [0.25, 0.3) is 0 Å². The van der Waals surface area contributed by atoms with Gasteiger partial charge in [0, 0.05) is 44.2 Å². The lowest BCUT2D eigenvalue weighted by molar-refractivity contribution is -0.134. The summed E-state index contributed by atoms with van der Waals surface area (Å²) in [4.78, 5) is 54.6. The Hall–Kier alpha value is -2.36.